The Labute approximate surface area is 103 Å². The quantitative estimate of drug-likeness (QED) is 0.762. The van der Waals surface area contributed by atoms with Gasteiger partial charge in [-0.3, -0.25) is 0 Å². The fourth-order valence-electron chi connectivity index (χ4n) is 1.97. The van der Waals surface area contributed by atoms with Crippen molar-refractivity contribution in [2.24, 2.45) is 0 Å². The fourth-order valence-corrected chi connectivity index (χ4v) is 1.97. The normalized spacial score (nSPS) is 10.4. The van der Waals surface area contributed by atoms with Crippen LogP contribution >= 0.6 is 0 Å². The molecule has 0 bridgehead atoms. The number of benzene rings is 2. The maximum Gasteiger partial charge on any atom is 0.0211 e. The van der Waals surface area contributed by atoms with Crippen molar-refractivity contribution in [3.8, 4) is 11.1 Å². The summed E-state index contributed by atoms with van der Waals surface area (Å²) in [4.78, 5) is 0. The minimum atomic E-state index is 0.943. The van der Waals surface area contributed by atoms with E-state index in [1.807, 2.05) is 0 Å². The van der Waals surface area contributed by atoms with Gasteiger partial charge in [-0.25, -0.2) is 0 Å². The van der Waals surface area contributed by atoms with E-state index in [-0.39, 0.29) is 0 Å². The summed E-state index contributed by atoms with van der Waals surface area (Å²) in [6.45, 7) is 4.21. The zero-order valence-electron chi connectivity index (χ0n) is 10.3. The van der Waals surface area contributed by atoms with Crippen molar-refractivity contribution in [2.45, 2.75) is 19.9 Å². The van der Waals surface area contributed by atoms with Gasteiger partial charge >= 0.3 is 0 Å². The molecule has 0 aliphatic heterocycles. The maximum absolute atomic E-state index is 3.46. The summed E-state index contributed by atoms with van der Waals surface area (Å²) in [5, 5.41) is 3.46. The Bertz CT molecular complexity index is 448. The molecule has 1 nitrogen and oxygen atoms in total. The van der Waals surface area contributed by atoms with Crippen LogP contribution in [0.2, 0.25) is 0 Å². The third-order valence-electron chi connectivity index (χ3n) is 2.84. The summed E-state index contributed by atoms with van der Waals surface area (Å²) in [7, 11) is 0. The summed E-state index contributed by atoms with van der Waals surface area (Å²) in [5.74, 6) is 0. The fraction of sp³-hybridized carbons (Fsp3) is 0.250. The van der Waals surface area contributed by atoms with Crippen molar-refractivity contribution in [2.75, 3.05) is 6.54 Å². The van der Waals surface area contributed by atoms with Gasteiger partial charge in [-0.2, -0.15) is 0 Å². The second-order valence-electron chi connectivity index (χ2n) is 4.20. The van der Waals surface area contributed by atoms with Crippen LogP contribution in [0.3, 0.4) is 0 Å². The van der Waals surface area contributed by atoms with E-state index >= 15 is 0 Å². The zero-order chi connectivity index (χ0) is 11.9. The summed E-state index contributed by atoms with van der Waals surface area (Å²) in [6.07, 6.45) is 1.17. The van der Waals surface area contributed by atoms with E-state index in [4.69, 9.17) is 0 Å². The predicted molar refractivity (Wildman–Crippen MR) is 73.9 cm³/mol. The Morgan fingerprint density at radius 1 is 0.882 bits per heavy atom. The van der Waals surface area contributed by atoms with Crippen molar-refractivity contribution in [1.82, 2.24) is 5.32 Å². The molecule has 0 atom stereocenters. The molecule has 0 spiro atoms. The Balaban J connectivity index is 2.22. The molecule has 2 aromatic rings. The lowest BCUT2D eigenvalue weighted by Crippen LogP contribution is -2.14. The van der Waals surface area contributed by atoms with Gasteiger partial charge in [0.15, 0.2) is 0 Å². The van der Waals surface area contributed by atoms with Crippen molar-refractivity contribution >= 4 is 0 Å². The second kappa shape index (κ2) is 6.21. The van der Waals surface area contributed by atoms with Gasteiger partial charge < -0.3 is 5.32 Å². The molecular formula is C16H19N. The van der Waals surface area contributed by atoms with Crippen LogP contribution in [-0.4, -0.2) is 6.54 Å². The molecule has 0 heterocycles. The summed E-state index contributed by atoms with van der Waals surface area (Å²) >= 11 is 0. The number of hydrogen-bond acceptors (Lipinski definition) is 1. The average Bonchev–Trinajstić information content (AvgIpc) is 2.41. The van der Waals surface area contributed by atoms with E-state index in [0.717, 1.165) is 13.1 Å². The van der Waals surface area contributed by atoms with Gasteiger partial charge in [-0.05, 0) is 29.7 Å². The number of rotatable bonds is 5. The smallest absolute Gasteiger partial charge is 0.0211 e. The average molecular weight is 225 g/mol. The van der Waals surface area contributed by atoms with Gasteiger partial charge in [0, 0.05) is 6.54 Å². The largest absolute Gasteiger partial charge is 0.313 e. The molecule has 1 N–H and O–H groups in total. The van der Waals surface area contributed by atoms with Crippen molar-refractivity contribution < 1.29 is 0 Å². The van der Waals surface area contributed by atoms with Gasteiger partial charge in [0.25, 0.3) is 0 Å². The summed E-state index contributed by atoms with van der Waals surface area (Å²) < 4.78 is 0. The molecule has 0 amide bonds. The van der Waals surface area contributed by atoms with Crippen LogP contribution in [0.25, 0.3) is 11.1 Å². The summed E-state index contributed by atoms with van der Waals surface area (Å²) in [6, 6.07) is 19.2. The predicted octanol–water partition coefficient (Wildman–Crippen LogP) is 3.85. The van der Waals surface area contributed by atoms with Crippen LogP contribution in [0.1, 0.15) is 18.9 Å². The molecule has 0 fully saturated rings. The molecule has 0 aliphatic carbocycles. The molecule has 2 rings (SSSR count). The highest BCUT2D eigenvalue weighted by Gasteiger charge is 2.02. The Morgan fingerprint density at radius 2 is 1.59 bits per heavy atom. The highest BCUT2D eigenvalue weighted by Crippen LogP contribution is 2.23. The van der Waals surface area contributed by atoms with Gasteiger partial charge in [-0.1, -0.05) is 61.5 Å². The highest BCUT2D eigenvalue weighted by atomic mass is 14.8. The molecule has 0 unspecified atom stereocenters. The minimum Gasteiger partial charge on any atom is -0.313 e. The molecule has 0 radical (unpaired) electrons. The van der Waals surface area contributed by atoms with Crippen LogP contribution in [-0.2, 0) is 6.54 Å². The molecule has 0 aromatic heterocycles. The van der Waals surface area contributed by atoms with E-state index in [9.17, 15) is 0 Å². The summed E-state index contributed by atoms with van der Waals surface area (Å²) in [5.41, 5.74) is 3.99. The van der Waals surface area contributed by atoms with E-state index in [2.05, 4.69) is 66.8 Å². The van der Waals surface area contributed by atoms with Crippen molar-refractivity contribution in [1.29, 1.82) is 0 Å². The molecule has 0 saturated heterocycles. The third kappa shape index (κ3) is 3.18. The highest BCUT2D eigenvalue weighted by molar-refractivity contribution is 5.67. The van der Waals surface area contributed by atoms with E-state index in [1.54, 1.807) is 0 Å². The Morgan fingerprint density at radius 3 is 2.35 bits per heavy atom. The lowest BCUT2D eigenvalue weighted by molar-refractivity contribution is 0.676. The topological polar surface area (TPSA) is 12.0 Å². The second-order valence-corrected chi connectivity index (χ2v) is 4.20. The van der Waals surface area contributed by atoms with E-state index < -0.39 is 0 Å². The van der Waals surface area contributed by atoms with Gasteiger partial charge in [0.2, 0.25) is 0 Å². The van der Waals surface area contributed by atoms with Crippen LogP contribution in [0.4, 0.5) is 0 Å². The first kappa shape index (κ1) is 11.9. The number of hydrogen-bond donors (Lipinski definition) is 1. The first-order chi connectivity index (χ1) is 8.42. The lowest BCUT2D eigenvalue weighted by Gasteiger charge is -2.10. The first-order valence-corrected chi connectivity index (χ1v) is 6.26. The van der Waals surface area contributed by atoms with Crippen LogP contribution < -0.4 is 5.32 Å². The Hall–Kier alpha value is -1.60. The molecule has 0 aliphatic rings. The van der Waals surface area contributed by atoms with E-state index in [0.29, 0.717) is 0 Å². The molecule has 0 saturated carbocycles. The molecule has 1 heteroatoms. The first-order valence-electron chi connectivity index (χ1n) is 6.26. The Kier molecular flexibility index (Phi) is 4.34. The monoisotopic (exact) mass is 225 g/mol. The molecule has 2 aromatic carbocycles. The lowest BCUT2D eigenvalue weighted by atomic mass is 10.00. The van der Waals surface area contributed by atoms with E-state index in [1.165, 1.54) is 23.1 Å². The number of nitrogens with one attached hydrogen (secondary N) is 1. The van der Waals surface area contributed by atoms with Crippen molar-refractivity contribution in [3.63, 3.8) is 0 Å². The maximum atomic E-state index is 3.46. The molecule has 17 heavy (non-hydrogen) atoms. The zero-order valence-corrected chi connectivity index (χ0v) is 10.3. The van der Waals surface area contributed by atoms with Gasteiger partial charge in [-0.15, -0.1) is 0 Å². The van der Waals surface area contributed by atoms with Crippen molar-refractivity contribution in [3.05, 3.63) is 60.2 Å². The third-order valence-corrected chi connectivity index (χ3v) is 2.84. The molecule has 88 valence electrons. The van der Waals surface area contributed by atoms with Gasteiger partial charge in [0.05, 0.1) is 0 Å². The minimum absolute atomic E-state index is 0.943. The molecular weight excluding hydrogens is 206 g/mol. The van der Waals surface area contributed by atoms with Crippen LogP contribution in [0, 0.1) is 0 Å². The standard InChI is InChI=1S/C16H19N/c1-2-12-17-13-15-10-6-7-11-16(15)14-8-4-3-5-9-14/h3-11,17H,2,12-13H2,1H3. The van der Waals surface area contributed by atoms with Crippen LogP contribution in [0.15, 0.2) is 54.6 Å². The van der Waals surface area contributed by atoms with Gasteiger partial charge in [0.1, 0.15) is 0 Å². The van der Waals surface area contributed by atoms with Crippen LogP contribution in [0.5, 0.6) is 0 Å². The SMILES string of the molecule is CCCNCc1ccccc1-c1ccccc1.